The highest BCUT2D eigenvalue weighted by Gasteiger charge is 2.34. The van der Waals surface area contributed by atoms with Crippen LogP contribution in [0.15, 0.2) is 76.8 Å². The van der Waals surface area contributed by atoms with Crippen LogP contribution in [0.5, 0.6) is 5.75 Å². The minimum atomic E-state index is -1.14. The normalized spacial score (nSPS) is 14.7. The van der Waals surface area contributed by atoms with E-state index in [9.17, 15) is 19.5 Å². The third kappa shape index (κ3) is 5.47. The smallest absolute Gasteiger partial charge is 0.335 e. The summed E-state index contributed by atoms with van der Waals surface area (Å²) in [4.78, 5) is 38.2. The number of halogens is 1. The second kappa shape index (κ2) is 10.2. The van der Waals surface area contributed by atoms with Crippen molar-refractivity contribution >= 4 is 62.8 Å². The fourth-order valence-corrected chi connectivity index (χ4v) is 4.20. The zero-order valence-corrected chi connectivity index (χ0v) is 20.9. The molecule has 0 bridgehead atoms. The lowest BCUT2D eigenvalue weighted by molar-refractivity contribution is -0.122. The first kappa shape index (κ1) is 24.3. The van der Waals surface area contributed by atoms with E-state index in [1.54, 1.807) is 24.3 Å². The summed E-state index contributed by atoms with van der Waals surface area (Å²) in [5.41, 5.74) is 2.88. The Hall–Kier alpha value is -3.82. The first-order valence-electron chi connectivity index (χ1n) is 10.5. The van der Waals surface area contributed by atoms with Gasteiger partial charge in [-0.05, 0) is 82.6 Å². The fourth-order valence-electron chi connectivity index (χ4n) is 3.41. The first-order chi connectivity index (χ1) is 16.7. The van der Waals surface area contributed by atoms with Gasteiger partial charge in [-0.3, -0.25) is 19.8 Å². The highest BCUT2D eigenvalue weighted by atomic mass is 79.9. The summed E-state index contributed by atoms with van der Waals surface area (Å²) in [5, 5.41) is 11.6. The molecule has 2 amide bonds. The standard InChI is InChI=1S/C26H19BrN2O5S/c1-15-5-7-16(8-6-15)14-34-22-10-9-17(12-21(22)27)11-20-23(30)28-26(35)29(24(20)31)19-4-2-3-18(13-19)25(32)33/h2-13H,14H2,1H3,(H,32,33)(H,28,30,35). The third-order valence-electron chi connectivity index (χ3n) is 5.23. The lowest BCUT2D eigenvalue weighted by atomic mass is 10.1. The molecule has 0 radical (unpaired) electrons. The molecular formula is C26H19BrN2O5S. The maximum Gasteiger partial charge on any atom is 0.335 e. The monoisotopic (exact) mass is 550 g/mol. The summed E-state index contributed by atoms with van der Waals surface area (Å²) < 4.78 is 6.54. The first-order valence-corrected chi connectivity index (χ1v) is 11.7. The minimum absolute atomic E-state index is 0.00862. The number of carbonyl (C=O) groups excluding carboxylic acids is 2. The van der Waals surface area contributed by atoms with Crippen molar-refractivity contribution in [2.45, 2.75) is 13.5 Å². The van der Waals surface area contributed by atoms with E-state index in [1.165, 1.54) is 29.8 Å². The second-order valence-corrected chi connectivity index (χ2v) is 9.02. The van der Waals surface area contributed by atoms with Gasteiger partial charge in [0.2, 0.25) is 0 Å². The molecule has 0 aliphatic carbocycles. The Morgan fingerprint density at radius 2 is 1.86 bits per heavy atom. The van der Waals surface area contributed by atoms with Crippen LogP contribution < -0.4 is 15.0 Å². The number of amides is 2. The quantitative estimate of drug-likeness (QED) is 0.258. The number of hydrogen-bond donors (Lipinski definition) is 2. The van der Waals surface area contributed by atoms with Crippen LogP contribution in [0.4, 0.5) is 5.69 Å². The molecule has 0 spiro atoms. The maximum atomic E-state index is 13.2. The molecule has 1 heterocycles. The predicted molar refractivity (Wildman–Crippen MR) is 139 cm³/mol. The molecule has 0 saturated carbocycles. The van der Waals surface area contributed by atoms with Gasteiger partial charge in [0.1, 0.15) is 17.9 Å². The Morgan fingerprint density at radius 3 is 2.54 bits per heavy atom. The zero-order chi connectivity index (χ0) is 25.1. The number of thiocarbonyl (C=S) groups is 1. The average Bonchev–Trinajstić information content (AvgIpc) is 2.82. The van der Waals surface area contributed by atoms with Gasteiger partial charge in [-0.25, -0.2) is 4.79 Å². The number of aryl methyl sites for hydroxylation is 1. The van der Waals surface area contributed by atoms with E-state index in [0.29, 0.717) is 22.4 Å². The van der Waals surface area contributed by atoms with Gasteiger partial charge in [0, 0.05) is 0 Å². The van der Waals surface area contributed by atoms with Crippen molar-refractivity contribution in [3.05, 3.63) is 99.0 Å². The van der Waals surface area contributed by atoms with Gasteiger partial charge in [0.15, 0.2) is 5.11 Å². The Balaban J connectivity index is 1.57. The Bertz CT molecular complexity index is 1380. The molecule has 1 saturated heterocycles. The number of hydrogen-bond acceptors (Lipinski definition) is 5. The summed E-state index contributed by atoms with van der Waals surface area (Å²) in [6, 6.07) is 19.0. The van der Waals surface area contributed by atoms with Gasteiger partial charge >= 0.3 is 5.97 Å². The molecule has 0 aromatic heterocycles. The number of rotatable bonds is 6. The molecule has 0 unspecified atom stereocenters. The summed E-state index contributed by atoms with van der Waals surface area (Å²) in [7, 11) is 0. The number of nitrogens with one attached hydrogen (secondary N) is 1. The number of carboxylic acids is 1. The molecule has 35 heavy (non-hydrogen) atoms. The number of carboxylic acid groups (broad SMARTS) is 1. The van der Waals surface area contributed by atoms with Crippen LogP contribution in [0.25, 0.3) is 6.08 Å². The van der Waals surface area contributed by atoms with Crippen LogP contribution in [0.3, 0.4) is 0 Å². The van der Waals surface area contributed by atoms with Gasteiger partial charge in [-0.1, -0.05) is 42.0 Å². The topological polar surface area (TPSA) is 95.9 Å². The van der Waals surface area contributed by atoms with Gasteiger partial charge in [0.25, 0.3) is 11.8 Å². The van der Waals surface area contributed by atoms with E-state index in [0.717, 1.165) is 10.5 Å². The highest BCUT2D eigenvalue weighted by Crippen LogP contribution is 2.29. The van der Waals surface area contributed by atoms with Gasteiger partial charge in [0.05, 0.1) is 15.7 Å². The van der Waals surface area contributed by atoms with E-state index in [2.05, 4.69) is 21.2 Å². The van der Waals surface area contributed by atoms with Crippen LogP contribution in [-0.2, 0) is 16.2 Å². The van der Waals surface area contributed by atoms with Gasteiger partial charge in [-0.15, -0.1) is 0 Å². The number of aromatic carboxylic acids is 1. The van der Waals surface area contributed by atoms with Crippen LogP contribution in [0, 0.1) is 6.92 Å². The fraction of sp³-hybridized carbons (Fsp3) is 0.0769. The van der Waals surface area contributed by atoms with Crippen LogP contribution in [0.2, 0.25) is 0 Å². The molecule has 7 nitrogen and oxygen atoms in total. The zero-order valence-electron chi connectivity index (χ0n) is 18.4. The van der Waals surface area contributed by atoms with E-state index in [-0.39, 0.29) is 21.9 Å². The van der Waals surface area contributed by atoms with Gasteiger partial charge < -0.3 is 9.84 Å². The van der Waals surface area contributed by atoms with E-state index >= 15 is 0 Å². The number of carbonyl (C=O) groups is 3. The molecule has 1 aliphatic rings. The van der Waals surface area contributed by atoms with Gasteiger partial charge in [-0.2, -0.15) is 0 Å². The molecule has 1 fully saturated rings. The van der Waals surface area contributed by atoms with Crippen molar-refractivity contribution in [1.29, 1.82) is 0 Å². The molecule has 9 heteroatoms. The lowest BCUT2D eigenvalue weighted by Crippen LogP contribution is -2.54. The third-order valence-corrected chi connectivity index (χ3v) is 6.14. The van der Waals surface area contributed by atoms with Crippen LogP contribution in [-0.4, -0.2) is 28.0 Å². The Labute approximate surface area is 215 Å². The Morgan fingerprint density at radius 1 is 1.11 bits per heavy atom. The summed E-state index contributed by atoms with van der Waals surface area (Å²) in [6.45, 7) is 2.41. The molecule has 4 rings (SSSR count). The predicted octanol–water partition coefficient (Wildman–Crippen LogP) is 4.87. The molecular weight excluding hydrogens is 532 g/mol. The minimum Gasteiger partial charge on any atom is -0.488 e. The number of nitrogens with zero attached hydrogens (tertiary/aromatic N) is 1. The van der Waals surface area contributed by atoms with Crippen molar-refractivity contribution in [1.82, 2.24) is 5.32 Å². The molecule has 3 aromatic carbocycles. The van der Waals surface area contributed by atoms with Crippen molar-refractivity contribution in [3.63, 3.8) is 0 Å². The summed E-state index contributed by atoms with van der Waals surface area (Å²) in [6.07, 6.45) is 1.45. The summed E-state index contributed by atoms with van der Waals surface area (Å²) >= 11 is 8.66. The second-order valence-electron chi connectivity index (χ2n) is 7.78. The van der Waals surface area contributed by atoms with E-state index in [1.807, 2.05) is 31.2 Å². The van der Waals surface area contributed by atoms with Crippen LogP contribution >= 0.6 is 28.1 Å². The highest BCUT2D eigenvalue weighted by molar-refractivity contribution is 9.10. The number of benzene rings is 3. The van der Waals surface area contributed by atoms with Crippen LogP contribution in [0.1, 0.15) is 27.0 Å². The van der Waals surface area contributed by atoms with E-state index < -0.39 is 17.8 Å². The average molecular weight is 551 g/mol. The number of anilines is 1. The number of ether oxygens (including phenoxy) is 1. The molecule has 176 valence electrons. The largest absolute Gasteiger partial charge is 0.488 e. The Kier molecular flexibility index (Phi) is 7.09. The van der Waals surface area contributed by atoms with Crippen molar-refractivity contribution in [2.75, 3.05) is 4.90 Å². The van der Waals surface area contributed by atoms with Crippen molar-refractivity contribution < 1.29 is 24.2 Å². The lowest BCUT2D eigenvalue weighted by Gasteiger charge is -2.29. The molecule has 1 aliphatic heterocycles. The summed E-state index contributed by atoms with van der Waals surface area (Å²) in [5.74, 6) is -1.82. The van der Waals surface area contributed by atoms with E-state index in [4.69, 9.17) is 17.0 Å². The van der Waals surface area contributed by atoms with Crippen molar-refractivity contribution in [2.24, 2.45) is 0 Å². The molecule has 2 N–H and O–H groups in total. The van der Waals surface area contributed by atoms with Crippen molar-refractivity contribution in [3.8, 4) is 5.75 Å². The molecule has 0 atom stereocenters. The SMILES string of the molecule is Cc1ccc(COc2ccc(C=C3C(=O)NC(=S)N(c4cccc(C(=O)O)c4)C3=O)cc2Br)cc1. The molecule has 3 aromatic rings. The maximum absolute atomic E-state index is 13.2.